The van der Waals surface area contributed by atoms with Gasteiger partial charge in [-0.25, -0.2) is 14.4 Å². The van der Waals surface area contributed by atoms with Crippen molar-refractivity contribution in [2.45, 2.75) is 74.9 Å². The van der Waals surface area contributed by atoms with Crippen molar-refractivity contribution in [3.8, 4) is 0 Å². The van der Waals surface area contributed by atoms with Crippen molar-refractivity contribution in [1.29, 1.82) is 0 Å². The fourth-order valence-electron chi connectivity index (χ4n) is 4.67. The predicted molar refractivity (Wildman–Crippen MR) is 186 cm³/mol. The van der Waals surface area contributed by atoms with Crippen molar-refractivity contribution in [1.82, 2.24) is 0 Å². The summed E-state index contributed by atoms with van der Waals surface area (Å²) in [6, 6.07) is 24.7. The van der Waals surface area contributed by atoms with Gasteiger partial charge in [-0.1, -0.05) is 81.4 Å². The van der Waals surface area contributed by atoms with E-state index >= 15 is 0 Å². The fraction of sp³-hybridized carbons (Fsp3) is 0.351. The molecule has 1 saturated heterocycles. The van der Waals surface area contributed by atoms with E-state index in [1.165, 1.54) is 11.8 Å². The van der Waals surface area contributed by atoms with Gasteiger partial charge in [0.25, 0.3) is 0 Å². The molecule has 1 aliphatic rings. The number of aldehydes is 1. The maximum Gasteiger partial charge on any atom is 0.338 e. The molecule has 6 atom stereocenters. The Morgan fingerprint density at radius 1 is 0.771 bits per heavy atom. The standard InChI is InChI=1S/C37H42O9SSi/c1-7-28(46-48(5,6)37(2,3)4)24-47-36-32(45-35(41)27-21-15-10-16-22-27)31(44-34(40)26-19-13-9-14-20-26)30(29(23-38)42-36)43-33(39)25-17-11-8-12-18-25/h7-23,28-32,36H,1,24H2,2-6H3/t28?,29-,30+,31+,32-,36-/m1/s1. The molecule has 0 saturated carbocycles. The second-order valence-electron chi connectivity index (χ2n) is 12.8. The summed E-state index contributed by atoms with van der Waals surface area (Å²) in [5.41, 5.74) is -0.360. The summed E-state index contributed by atoms with van der Waals surface area (Å²) in [6.07, 6.45) is -3.76. The third-order valence-corrected chi connectivity index (χ3v) is 14.1. The molecule has 9 nitrogen and oxygen atoms in total. The quantitative estimate of drug-likeness (QED) is 0.0617. The van der Waals surface area contributed by atoms with Gasteiger partial charge in [0, 0.05) is 5.75 Å². The Bertz CT molecular complexity index is 1540. The second kappa shape index (κ2) is 16.4. The van der Waals surface area contributed by atoms with E-state index in [0.29, 0.717) is 12.0 Å². The number of ether oxygens (including phenoxy) is 4. The Labute approximate surface area is 287 Å². The predicted octanol–water partition coefficient (Wildman–Crippen LogP) is 6.90. The van der Waals surface area contributed by atoms with E-state index in [9.17, 15) is 19.2 Å². The smallest absolute Gasteiger partial charge is 0.338 e. The number of rotatable bonds is 13. The Hall–Kier alpha value is -4.03. The molecule has 0 N–H and O–H groups in total. The Morgan fingerprint density at radius 3 is 1.58 bits per heavy atom. The van der Waals surface area contributed by atoms with Crippen molar-refractivity contribution < 1.29 is 42.6 Å². The van der Waals surface area contributed by atoms with Crippen molar-refractivity contribution in [3.63, 3.8) is 0 Å². The van der Waals surface area contributed by atoms with E-state index in [1.54, 1.807) is 97.1 Å². The molecule has 254 valence electrons. The first-order valence-electron chi connectivity index (χ1n) is 15.7. The van der Waals surface area contributed by atoms with Crippen LogP contribution in [0.3, 0.4) is 0 Å². The first-order valence-corrected chi connectivity index (χ1v) is 19.6. The Balaban J connectivity index is 1.72. The Morgan fingerprint density at radius 2 is 1.19 bits per heavy atom. The van der Waals surface area contributed by atoms with Crippen LogP contribution >= 0.6 is 11.8 Å². The van der Waals surface area contributed by atoms with Crippen LogP contribution in [0.15, 0.2) is 104 Å². The number of thioether (sulfide) groups is 1. The highest BCUT2D eigenvalue weighted by molar-refractivity contribution is 7.99. The topological polar surface area (TPSA) is 114 Å². The highest BCUT2D eigenvalue weighted by Gasteiger charge is 2.53. The molecule has 0 aliphatic carbocycles. The van der Waals surface area contributed by atoms with Crippen LogP contribution < -0.4 is 0 Å². The van der Waals surface area contributed by atoms with E-state index in [0.717, 1.165) is 0 Å². The van der Waals surface area contributed by atoms with Gasteiger partial charge < -0.3 is 28.2 Å². The average molecular weight is 691 g/mol. The van der Waals surface area contributed by atoms with Gasteiger partial charge >= 0.3 is 17.9 Å². The maximum atomic E-state index is 13.5. The Kier molecular flexibility index (Phi) is 12.6. The van der Waals surface area contributed by atoms with Gasteiger partial charge in [0.15, 0.2) is 39.0 Å². The summed E-state index contributed by atoms with van der Waals surface area (Å²) in [5, 5.41) is -0.0663. The van der Waals surface area contributed by atoms with Crippen LogP contribution in [0.4, 0.5) is 0 Å². The molecule has 3 aromatic carbocycles. The number of carbonyl (C=O) groups is 4. The molecule has 48 heavy (non-hydrogen) atoms. The van der Waals surface area contributed by atoms with Gasteiger partial charge in [0.05, 0.1) is 22.8 Å². The minimum atomic E-state index is -2.21. The van der Waals surface area contributed by atoms with Gasteiger partial charge in [-0.2, -0.15) is 0 Å². The van der Waals surface area contributed by atoms with E-state index in [1.807, 2.05) is 0 Å². The zero-order valence-electron chi connectivity index (χ0n) is 27.8. The molecule has 1 heterocycles. The average Bonchev–Trinajstić information content (AvgIpc) is 3.08. The fourth-order valence-corrected chi connectivity index (χ4v) is 7.27. The van der Waals surface area contributed by atoms with Crippen molar-refractivity contribution >= 4 is 44.3 Å². The van der Waals surface area contributed by atoms with Crippen molar-refractivity contribution in [2.24, 2.45) is 0 Å². The van der Waals surface area contributed by atoms with Gasteiger partial charge in [-0.15, -0.1) is 18.3 Å². The monoisotopic (exact) mass is 690 g/mol. The number of carbonyl (C=O) groups excluding carboxylic acids is 4. The zero-order chi connectivity index (χ0) is 34.9. The number of esters is 3. The van der Waals surface area contributed by atoms with Crippen LogP contribution in [-0.2, 0) is 28.2 Å². The molecule has 1 aliphatic heterocycles. The lowest BCUT2D eigenvalue weighted by atomic mass is 9.99. The third-order valence-electron chi connectivity index (χ3n) is 8.36. The molecule has 0 aromatic heterocycles. The molecule has 3 aromatic rings. The van der Waals surface area contributed by atoms with Crippen LogP contribution in [0.1, 0.15) is 51.8 Å². The van der Waals surface area contributed by atoms with E-state index in [-0.39, 0.29) is 21.7 Å². The molecule has 11 heteroatoms. The third kappa shape index (κ3) is 9.31. The lowest BCUT2D eigenvalue weighted by Gasteiger charge is -2.43. The van der Waals surface area contributed by atoms with Gasteiger partial charge in [-0.05, 0) is 54.5 Å². The molecule has 0 spiro atoms. The second-order valence-corrected chi connectivity index (χ2v) is 18.7. The highest BCUT2D eigenvalue weighted by Crippen LogP contribution is 2.39. The first kappa shape index (κ1) is 36.8. The van der Waals surface area contributed by atoms with Crippen LogP contribution in [0, 0.1) is 0 Å². The van der Waals surface area contributed by atoms with Gasteiger partial charge in [0.1, 0.15) is 5.44 Å². The highest BCUT2D eigenvalue weighted by atomic mass is 32.2. The van der Waals surface area contributed by atoms with E-state index < -0.39 is 62.2 Å². The molecule has 0 amide bonds. The minimum Gasteiger partial charge on any atom is -0.451 e. The lowest BCUT2D eigenvalue weighted by Crippen LogP contribution is -2.61. The summed E-state index contributed by atoms with van der Waals surface area (Å²) in [6.45, 7) is 14.6. The summed E-state index contributed by atoms with van der Waals surface area (Å²) in [4.78, 5) is 52.9. The molecule has 4 rings (SSSR count). The number of hydrogen-bond donors (Lipinski definition) is 0. The molecular formula is C37H42O9SSi. The van der Waals surface area contributed by atoms with Crippen molar-refractivity contribution in [2.75, 3.05) is 5.75 Å². The normalized spacial score (nSPS) is 21.7. The molecule has 1 fully saturated rings. The molecule has 0 radical (unpaired) electrons. The zero-order valence-corrected chi connectivity index (χ0v) is 29.6. The SMILES string of the molecule is C=CC(CS[C@H]1O[C@H](C=O)[C@H](OC(=O)c2ccccc2)[C@H](OC(=O)c2ccccc2)[C@H]1OC(=O)c1ccccc1)O[Si](C)(C)C(C)(C)C. The van der Waals surface area contributed by atoms with Gasteiger partial charge in [0.2, 0.25) is 0 Å². The molecular weight excluding hydrogens is 649 g/mol. The van der Waals surface area contributed by atoms with Crippen LogP contribution in [0.5, 0.6) is 0 Å². The van der Waals surface area contributed by atoms with Crippen LogP contribution in [0.2, 0.25) is 18.1 Å². The maximum absolute atomic E-state index is 13.5. The summed E-state index contributed by atoms with van der Waals surface area (Å²) in [5.74, 6) is -1.93. The summed E-state index contributed by atoms with van der Waals surface area (Å²) >= 11 is 1.23. The molecule has 1 unspecified atom stereocenters. The van der Waals surface area contributed by atoms with Gasteiger partial charge in [-0.3, -0.25) is 0 Å². The molecule has 0 bridgehead atoms. The van der Waals surface area contributed by atoms with Crippen LogP contribution in [-0.4, -0.2) is 74.2 Å². The summed E-state index contributed by atoms with van der Waals surface area (Å²) in [7, 11) is -2.21. The van der Waals surface area contributed by atoms with E-state index in [4.69, 9.17) is 23.4 Å². The first-order chi connectivity index (χ1) is 22.8. The summed E-state index contributed by atoms with van der Waals surface area (Å²) < 4.78 is 30.7. The lowest BCUT2D eigenvalue weighted by molar-refractivity contribution is -0.195. The van der Waals surface area contributed by atoms with Crippen LogP contribution in [0.25, 0.3) is 0 Å². The largest absolute Gasteiger partial charge is 0.451 e. The van der Waals surface area contributed by atoms with Crippen molar-refractivity contribution in [3.05, 3.63) is 120 Å². The minimum absolute atomic E-state index is 0.0663. The number of benzene rings is 3. The number of hydrogen-bond acceptors (Lipinski definition) is 10. The van der Waals surface area contributed by atoms with E-state index in [2.05, 4.69) is 40.4 Å².